The van der Waals surface area contributed by atoms with Crippen molar-refractivity contribution >= 4 is 48.0 Å². The molecule has 176 valence electrons. The van der Waals surface area contributed by atoms with Crippen molar-refractivity contribution in [3.63, 3.8) is 0 Å². The van der Waals surface area contributed by atoms with Gasteiger partial charge < -0.3 is 5.32 Å². The molecule has 2 N–H and O–H groups in total. The Hall–Kier alpha value is -4.77. The highest BCUT2D eigenvalue weighted by molar-refractivity contribution is 6.31. The van der Waals surface area contributed by atoms with Crippen LogP contribution in [0.5, 0.6) is 0 Å². The lowest BCUT2D eigenvalue weighted by Crippen LogP contribution is -2.29. The van der Waals surface area contributed by atoms with Gasteiger partial charge in [-0.05, 0) is 29.9 Å². The number of nitrogens with zero attached hydrogens (tertiary/aromatic N) is 7. The van der Waals surface area contributed by atoms with Gasteiger partial charge in [0.15, 0.2) is 11.5 Å². The molecular formula is C22H13BF3N9O. The monoisotopic (exact) mass is 487 g/mol. The first-order valence-corrected chi connectivity index (χ1v) is 10.3. The van der Waals surface area contributed by atoms with Gasteiger partial charge in [0.2, 0.25) is 0 Å². The number of hydrazone groups is 1. The maximum Gasteiger partial charge on any atom is 0.434 e. The topological polar surface area (TPSA) is 124 Å². The molecule has 4 aromatic rings. The minimum atomic E-state index is -4.92. The first-order valence-electron chi connectivity index (χ1n) is 10.3. The number of anilines is 2. The molecule has 10 nitrogen and oxygen atoms in total. The van der Waals surface area contributed by atoms with E-state index in [9.17, 15) is 23.2 Å². The largest absolute Gasteiger partial charge is 0.434 e. The summed E-state index contributed by atoms with van der Waals surface area (Å²) in [6.07, 6.45) is -1.32. The zero-order chi connectivity index (χ0) is 25.4. The molecule has 2 radical (unpaired) electrons. The van der Waals surface area contributed by atoms with Gasteiger partial charge in [0, 0.05) is 11.6 Å². The maximum absolute atomic E-state index is 14.2. The zero-order valence-electron chi connectivity index (χ0n) is 18.2. The van der Waals surface area contributed by atoms with Gasteiger partial charge in [0.05, 0.1) is 41.4 Å². The number of nitrogens with one attached hydrogen (secondary N) is 2. The maximum atomic E-state index is 14.2. The standard InChI is InChI=1S/C22H13BF3N9O/c23-18-5-4-14-16(33-18)2-1-3-17(14)34-19(22(24,25)26)15(11-31-34)21(36)32-13-8-12(9-27)20(28-10-13)35-29-6-7-30-35/h1-6,8,10-11,30H,7H2,(H,32,36). The molecule has 14 heteroatoms. The molecule has 1 amide bonds. The molecule has 0 atom stereocenters. The summed E-state index contributed by atoms with van der Waals surface area (Å²) in [5, 5.41) is 21.3. The number of benzene rings is 1. The predicted molar refractivity (Wildman–Crippen MR) is 125 cm³/mol. The Kier molecular flexibility index (Phi) is 5.61. The molecule has 36 heavy (non-hydrogen) atoms. The van der Waals surface area contributed by atoms with Crippen molar-refractivity contribution in [2.24, 2.45) is 5.10 Å². The van der Waals surface area contributed by atoms with Crippen molar-refractivity contribution in [2.45, 2.75) is 6.18 Å². The van der Waals surface area contributed by atoms with Gasteiger partial charge in [-0.25, -0.2) is 15.1 Å². The van der Waals surface area contributed by atoms with Crippen LogP contribution in [0.3, 0.4) is 0 Å². The molecule has 1 aliphatic rings. The van der Waals surface area contributed by atoms with E-state index >= 15 is 0 Å². The first-order chi connectivity index (χ1) is 17.3. The molecule has 5 rings (SSSR count). The molecule has 1 aliphatic heterocycles. The third-order valence-electron chi connectivity index (χ3n) is 5.22. The minimum absolute atomic E-state index is 0.0224. The highest BCUT2D eigenvalue weighted by Gasteiger charge is 2.41. The third kappa shape index (κ3) is 4.12. The van der Waals surface area contributed by atoms with E-state index in [2.05, 4.69) is 30.9 Å². The van der Waals surface area contributed by atoms with Crippen LogP contribution in [0, 0.1) is 11.3 Å². The number of fused-ring (bicyclic) bond motifs is 1. The molecule has 0 unspecified atom stereocenters. The summed E-state index contributed by atoms with van der Waals surface area (Å²) in [6, 6.07) is 10.8. The molecule has 0 saturated carbocycles. The second-order valence-electron chi connectivity index (χ2n) is 7.53. The number of nitriles is 1. The molecule has 3 aromatic heterocycles. The Morgan fingerprint density at radius 1 is 1.22 bits per heavy atom. The van der Waals surface area contributed by atoms with E-state index in [1.807, 2.05) is 6.07 Å². The van der Waals surface area contributed by atoms with Crippen LogP contribution in [-0.2, 0) is 6.18 Å². The number of hydrogen-bond donors (Lipinski definition) is 2. The highest BCUT2D eigenvalue weighted by atomic mass is 19.4. The van der Waals surface area contributed by atoms with Gasteiger partial charge in [-0.3, -0.25) is 9.78 Å². The van der Waals surface area contributed by atoms with Crippen LogP contribution < -0.4 is 21.5 Å². The molecule has 0 fully saturated rings. The lowest BCUT2D eigenvalue weighted by Gasteiger charge is -2.16. The Morgan fingerprint density at radius 3 is 2.78 bits per heavy atom. The van der Waals surface area contributed by atoms with E-state index < -0.39 is 23.3 Å². The van der Waals surface area contributed by atoms with Gasteiger partial charge in [-0.15, -0.1) is 0 Å². The Bertz CT molecular complexity index is 1580. The van der Waals surface area contributed by atoms with Gasteiger partial charge >= 0.3 is 6.18 Å². The van der Waals surface area contributed by atoms with E-state index in [-0.39, 0.29) is 28.3 Å². The average Bonchev–Trinajstić information content (AvgIpc) is 3.54. The van der Waals surface area contributed by atoms with Crippen LogP contribution in [0.2, 0.25) is 0 Å². The molecular weight excluding hydrogens is 474 g/mol. The lowest BCUT2D eigenvalue weighted by molar-refractivity contribution is -0.143. The fraction of sp³-hybridized carbons (Fsp3) is 0.0909. The molecule has 4 heterocycles. The number of hydrogen-bond acceptors (Lipinski definition) is 8. The molecule has 0 aliphatic carbocycles. The van der Waals surface area contributed by atoms with Crippen molar-refractivity contribution < 1.29 is 18.0 Å². The van der Waals surface area contributed by atoms with Crippen LogP contribution in [0.15, 0.2) is 53.9 Å². The number of carbonyl (C=O) groups excluding carboxylic acids is 1. The summed E-state index contributed by atoms with van der Waals surface area (Å²) in [4.78, 5) is 21.2. The van der Waals surface area contributed by atoms with Crippen molar-refractivity contribution in [3.05, 3.63) is 65.6 Å². The third-order valence-corrected chi connectivity index (χ3v) is 5.22. The zero-order valence-corrected chi connectivity index (χ0v) is 18.2. The van der Waals surface area contributed by atoms with Crippen LogP contribution >= 0.6 is 0 Å². The van der Waals surface area contributed by atoms with Crippen LogP contribution in [0.25, 0.3) is 16.6 Å². The summed E-state index contributed by atoms with van der Waals surface area (Å²) >= 11 is 0. The van der Waals surface area contributed by atoms with E-state index in [0.29, 0.717) is 22.1 Å². The Morgan fingerprint density at radius 2 is 2.06 bits per heavy atom. The summed E-state index contributed by atoms with van der Waals surface area (Å²) in [7, 11) is 5.69. The normalized spacial score (nSPS) is 13.2. The second-order valence-corrected chi connectivity index (χ2v) is 7.53. The van der Waals surface area contributed by atoms with E-state index in [1.165, 1.54) is 41.6 Å². The lowest BCUT2D eigenvalue weighted by atomic mass is 10.0. The summed E-state index contributed by atoms with van der Waals surface area (Å²) in [5.74, 6) is -0.898. The number of pyridine rings is 2. The number of aromatic nitrogens is 4. The van der Waals surface area contributed by atoms with Crippen LogP contribution in [-0.4, -0.2) is 46.3 Å². The summed E-state index contributed by atoms with van der Waals surface area (Å²) < 4.78 is 43.2. The quantitative estimate of drug-likeness (QED) is 0.423. The van der Waals surface area contributed by atoms with Crippen molar-refractivity contribution in [3.8, 4) is 11.8 Å². The molecule has 0 spiro atoms. The molecule has 0 saturated heterocycles. The smallest absolute Gasteiger partial charge is 0.320 e. The Labute approximate surface area is 202 Å². The number of alkyl halides is 3. The second kappa shape index (κ2) is 8.79. The Balaban J connectivity index is 1.53. The van der Waals surface area contributed by atoms with E-state index in [1.54, 1.807) is 12.3 Å². The first kappa shape index (κ1) is 23.0. The van der Waals surface area contributed by atoms with Crippen LogP contribution in [0.4, 0.5) is 24.7 Å². The average molecular weight is 487 g/mol. The summed E-state index contributed by atoms with van der Waals surface area (Å²) in [5.41, 5.74) is 1.59. The van der Waals surface area contributed by atoms with E-state index in [4.69, 9.17) is 7.85 Å². The fourth-order valence-electron chi connectivity index (χ4n) is 3.70. The number of amides is 1. The minimum Gasteiger partial charge on any atom is -0.320 e. The molecule has 1 aromatic carbocycles. The van der Waals surface area contributed by atoms with Gasteiger partial charge in [0.25, 0.3) is 5.91 Å². The van der Waals surface area contributed by atoms with Crippen molar-refractivity contribution in [1.82, 2.24) is 25.2 Å². The van der Waals surface area contributed by atoms with E-state index in [0.717, 1.165) is 6.20 Å². The number of carbonyl (C=O) groups is 1. The number of halogens is 3. The van der Waals surface area contributed by atoms with Crippen LogP contribution in [0.1, 0.15) is 21.6 Å². The SMILES string of the molecule is [B]c1ccc2c(-n3ncc(C(=O)Nc4cnc(N5N=CCN5)c(C#N)c4)c3C(F)(F)F)cccc2n1. The number of hydrazine groups is 1. The van der Waals surface area contributed by atoms with Crippen molar-refractivity contribution in [2.75, 3.05) is 17.0 Å². The van der Waals surface area contributed by atoms with Gasteiger partial charge in [-0.2, -0.15) is 33.8 Å². The highest BCUT2D eigenvalue weighted by Crippen LogP contribution is 2.35. The summed E-state index contributed by atoms with van der Waals surface area (Å²) in [6.45, 7) is 0.440. The number of rotatable bonds is 4. The predicted octanol–water partition coefficient (Wildman–Crippen LogP) is 2.06. The fourth-order valence-corrected chi connectivity index (χ4v) is 3.70. The van der Waals surface area contributed by atoms with Gasteiger partial charge in [-0.1, -0.05) is 12.1 Å². The van der Waals surface area contributed by atoms with Gasteiger partial charge in [0.1, 0.15) is 19.5 Å². The molecule has 0 bridgehead atoms. The van der Waals surface area contributed by atoms with Crippen molar-refractivity contribution in [1.29, 1.82) is 5.26 Å².